The number of hydrogen-bond acceptors (Lipinski definition) is 2. The first kappa shape index (κ1) is 13.4. The van der Waals surface area contributed by atoms with Crippen molar-refractivity contribution in [1.29, 1.82) is 0 Å². The second kappa shape index (κ2) is 6.23. The molecular weight excluding hydrogens is 228 g/mol. The van der Waals surface area contributed by atoms with Crippen molar-refractivity contribution >= 4 is 0 Å². The second-order valence-corrected chi connectivity index (χ2v) is 5.39. The SMILES string of the molecule is CCCn1ccn(CC(O)C2CCCCC2)c1=O. The van der Waals surface area contributed by atoms with E-state index in [4.69, 9.17) is 0 Å². The molecule has 1 aliphatic carbocycles. The maximum absolute atomic E-state index is 12.0. The van der Waals surface area contributed by atoms with Gasteiger partial charge in [-0.3, -0.25) is 9.13 Å². The van der Waals surface area contributed by atoms with Crippen LogP contribution in [0.2, 0.25) is 0 Å². The number of aliphatic hydroxyl groups is 1. The lowest BCUT2D eigenvalue weighted by atomic mass is 9.85. The van der Waals surface area contributed by atoms with Crippen molar-refractivity contribution in [3.8, 4) is 0 Å². The summed E-state index contributed by atoms with van der Waals surface area (Å²) in [7, 11) is 0. The summed E-state index contributed by atoms with van der Waals surface area (Å²) in [6, 6.07) is 0. The highest BCUT2D eigenvalue weighted by Gasteiger charge is 2.22. The zero-order valence-electron chi connectivity index (χ0n) is 11.2. The van der Waals surface area contributed by atoms with Gasteiger partial charge in [0.15, 0.2) is 0 Å². The molecule has 1 aromatic heterocycles. The fourth-order valence-corrected chi connectivity index (χ4v) is 2.87. The van der Waals surface area contributed by atoms with Crippen molar-refractivity contribution in [2.24, 2.45) is 5.92 Å². The summed E-state index contributed by atoms with van der Waals surface area (Å²) in [6.45, 7) is 3.26. The Labute approximate surface area is 108 Å². The molecule has 1 N–H and O–H groups in total. The molecule has 1 saturated carbocycles. The van der Waals surface area contributed by atoms with E-state index >= 15 is 0 Å². The zero-order valence-corrected chi connectivity index (χ0v) is 11.2. The molecule has 0 radical (unpaired) electrons. The molecule has 4 heteroatoms. The van der Waals surface area contributed by atoms with E-state index in [2.05, 4.69) is 6.92 Å². The lowest BCUT2D eigenvalue weighted by Crippen LogP contribution is -2.33. The second-order valence-electron chi connectivity index (χ2n) is 5.39. The first-order valence-corrected chi connectivity index (χ1v) is 7.16. The van der Waals surface area contributed by atoms with E-state index in [1.165, 1.54) is 19.3 Å². The number of hydrogen-bond donors (Lipinski definition) is 1. The molecule has 1 fully saturated rings. The van der Waals surface area contributed by atoms with E-state index in [0.717, 1.165) is 25.8 Å². The predicted octanol–water partition coefficient (Wildman–Crippen LogP) is 2.00. The van der Waals surface area contributed by atoms with Gasteiger partial charge in [-0.2, -0.15) is 0 Å². The Morgan fingerprint density at radius 2 is 1.94 bits per heavy atom. The Kier molecular flexibility index (Phi) is 4.64. The summed E-state index contributed by atoms with van der Waals surface area (Å²) in [5.41, 5.74) is 0.00621. The fourth-order valence-electron chi connectivity index (χ4n) is 2.87. The Hall–Kier alpha value is -1.03. The molecule has 0 spiro atoms. The van der Waals surface area contributed by atoms with Crippen molar-refractivity contribution in [3.05, 3.63) is 22.9 Å². The van der Waals surface area contributed by atoms with Crippen molar-refractivity contribution in [2.45, 2.75) is 64.6 Å². The molecule has 0 aromatic carbocycles. The van der Waals surface area contributed by atoms with E-state index in [9.17, 15) is 9.90 Å². The molecule has 1 unspecified atom stereocenters. The number of nitrogens with zero attached hydrogens (tertiary/aromatic N) is 2. The highest BCUT2D eigenvalue weighted by molar-refractivity contribution is 4.84. The third-order valence-corrected chi connectivity index (χ3v) is 3.96. The van der Waals surface area contributed by atoms with Gasteiger partial charge in [-0.05, 0) is 25.2 Å². The van der Waals surface area contributed by atoms with Gasteiger partial charge in [0.05, 0.1) is 12.6 Å². The average molecular weight is 252 g/mol. The molecule has 0 amide bonds. The minimum atomic E-state index is -0.375. The smallest absolute Gasteiger partial charge is 0.328 e. The van der Waals surface area contributed by atoms with Crippen LogP contribution >= 0.6 is 0 Å². The van der Waals surface area contributed by atoms with Gasteiger partial charge in [0, 0.05) is 18.9 Å². The monoisotopic (exact) mass is 252 g/mol. The van der Waals surface area contributed by atoms with Gasteiger partial charge in [0.2, 0.25) is 0 Å². The van der Waals surface area contributed by atoms with Crippen LogP contribution in [0.1, 0.15) is 45.4 Å². The minimum absolute atomic E-state index is 0.00621. The van der Waals surface area contributed by atoms with Gasteiger partial charge in [-0.1, -0.05) is 26.2 Å². The summed E-state index contributed by atoms with van der Waals surface area (Å²) in [6.07, 6.45) is 10.1. The lowest BCUT2D eigenvalue weighted by Gasteiger charge is -2.26. The van der Waals surface area contributed by atoms with Gasteiger partial charge in [0.25, 0.3) is 0 Å². The average Bonchev–Trinajstić information content (AvgIpc) is 2.73. The van der Waals surface area contributed by atoms with Crippen LogP contribution in [0.5, 0.6) is 0 Å². The normalized spacial score (nSPS) is 19.0. The Bertz CT molecular complexity index is 416. The molecule has 1 heterocycles. The molecule has 0 aliphatic heterocycles. The molecule has 102 valence electrons. The number of aryl methyl sites for hydroxylation is 1. The zero-order chi connectivity index (χ0) is 13.0. The van der Waals surface area contributed by atoms with Crippen molar-refractivity contribution in [2.75, 3.05) is 0 Å². The Morgan fingerprint density at radius 1 is 1.28 bits per heavy atom. The number of aromatic nitrogens is 2. The molecule has 1 aromatic rings. The molecule has 0 bridgehead atoms. The quantitative estimate of drug-likeness (QED) is 0.871. The van der Waals surface area contributed by atoms with E-state index in [-0.39, 0.29) is 11.8 Å². The molecule has 18 heavy (non-hydrogen) atoms. The van der Waals surface area contributed by atoms with Gasteiger partial charge >= 0.3 is 5.69 Å². The number of imidazole rings is 1. The highest BCUT2D eigenvalue weighted by Crippen LogP contribution is 2.26. The van der Waals surface area contributed by atoms with Crippen LogP contribution in [0.15, 0.2) is 17.2 Å². The summed E-state index contributed by atoms with van der Waals surface area (Å²) in [5, 5.41) is 10.2. The summed E-state index contributed by atoms with van der Waals surface area (Å²) >= 11 is 0. The van der Waals surface area contributed by atoms with Crippen LogP contribution in [-0.4, -0.2) is 20.3 Å². The third kappa shape index (κ3) is 3.05. The van der Waals surface area contributed by atoms with Gasteiger partial charge in [0.1, 0.15) is 0 Å². The maximum Gasteiger partial charge on any atom is 0.328 e. The van der Waals surface area contributed by atoms with Crippen LogP contribution in [0.4, 0.5) is 0 Å². The van der Waals surface area contributed by atoms with Crippen LogP contribution < -0.4 is 5.69 Å². The van der Waals surface area contributed by atoms with Crippen LogP contribution in [0, 0.1) is 5.92 Å². The largest absolute Gasteiger partial charge is 0.391 e. The van der Waals surface area contributed by atoms with Crippen LogP contribution in [0.25, 0.3) is 0 Å². The Balaban J connectivity index is 1.97. The van der Waals surface area contributed by atoms with E-state index in [1.807, 2.05) is 6.20 Å². The molecular formula is C14H24N2O2. The van der Waals surface area contributed by atoms with Crippen molar-refractivity contribution < 1.29 is 5.11 Å². The van der Waals surface area contributed by atoms with Gasteiger partial charge in [-0.15, -0.1) is 0 Å². The minimum Gasteiger partial charge on any atom is -0.391 e. The number of rotatable bonds is 5. The summed E-state index contributed by atoms with van der Waals surface area (Å²) in [5.74, 6) is 0.375. The molecule has 0 saturated heterocycles. The van der Waals surface area contributed by atoms with Crippen LogP contribution in [-0.2, 0) is 13.1 Å². The van der Waals surface area contributed by atoms with E-state index in [1.54, 1.807) is 15.3 Å². The first-order chi connectivity index (χ1) is 8.72. The molecule has 2 rings (SSSR count). The van der Waals surface area contributed by atoms with Crippen molar-refractivity contribution in [3.63, 3.8) is 0 Å². The topological polar surface area (TPSA) is 47.2 Å². The van der Waals surface area contributed by atoms with Crippen molar-refractivity contribution in [1.82, 2.24) is 9.13 Å². The van der Waals surface area contributed by atoms with Gasteiger partial charge < -0.3 is 5.11 Å². The fraction of sp³-hybridized carbons (Fsp3) is 0.786. The molecule has 4 nitrogen and oxygen atoms in total. The van der Waals surface area contributed by atoms with Gasteiger partial charge in [-0.25, -0.2) is 4.79 Å². The third-order valence-electron chi connectivity index (χ3n) is 3.96. The lowest BCUT2D eigenvalue weighted by molar-refractivity contribution is 0.0686. The van der Waals surface area contributed by atoms with E-state index in [0.29, 0.717) is 12.5 Å². The Morgan fingerprint density at radius 3 is 2.61 bits per heavy atom. The molecule has 1 atom stereocenters. The summed E-state index contributed by atoms with van der Waals surface area (Å²) < 4.78 is 3.36. The highest BCUT2D eigenvalue weighted by atomic mass is 16.3. The molecule has 1 aliphatic rings. The standard InChI is InChI=1S/C14H24N2O2/c1-2-8-15-9-10-16(14(15)18)11-13(17)12-6-4-3-5-7-12/h9-10,12-13,17H,2-8,11H2,1H3. The van der Waals surface area contributed by atoms with Crippen LogP contribution in [0.3, 0.4) is 0 Å². The first-order valence-electron chi connectivity index (χ1n) is 7.16. The summed E-state index contributed by atoms with van der Waals surface area (Å²) in [4.78, 5) is 12.0. The number of aliphatic hydroxyl groups excluding tert-OH is 1. The maximum atomic E-state index is 12.0. The predicted molar refractivity (Wildman–Crippen MR) is 71.6 cm³/mol. The van der Waals surface area contributed by atoms with E-state index < -0.39 is 0 Å².